The molecule has 23 heavy (non-hydrogen) atoms. The standard InChI is InChI=1S/C16H21BrN2O2.C2H6/c1-16(2,3)21-15(20)18-13-5-4-12(17)7-14(13)19-8-10-6-11(10)9-19;1-2/h4-5,7,10-11H,6,8-9H2,1-3H3,(H,18,20);1-2H3. The number of hydrogen-bond donors (Lipinski definition) is 1. The highest BCUT2D eigenvalue weighted by Gasteiger charge is 2.45. The van der Waals surface area contributed by atoms with E-state index in [1.807, 2.05) is 46.8 Å². The van der Waals surface area contributed by atoms with Crippen molar-refractivity contribution in [3.63, 3.8) is 0 Å². The summed E-state index contributed by atoms with van der Waals surface area (Å²) in [6.07, 6.45) is 0.953. The molecule has 1 aliphatic carbocycles. The molecule has 0 aromatic heterocycles. The van der Waals surface area contributed by atoms with Crippen LogP contribution in [0.5, 0.6) is 0 Å². The van der Waals surface area contributed by atoms with Crippen molar-refractivity contribution in [1.29, 1.82) is 0 Å². The van der Waals surface area contributed by atoms with E-state index >= 15 is 0 Å². The Morgan fingerprint density at radius 2 is 1.87 bits per heavy atom. The van der Waals surface area contributed by atoms with Crippen LogP contribution in [0.2, 0.25) is 0 Å². The summed E-state index contributed by atoms with van der Waals surface area (Å²) in [6.45, 7) is 11.8. The second-order valence-electron chi connectivity index (χ2n) is 6.95. The Bertz CT molecular complexity index is 559. The van der Waals surface area contributed by atoms with Crippen molar-refractivity contribution >= 4 is 33.4 Å². The number of nitrogens with zero attached hydrogens (tertiary/aromatic N) is 1. The molecule has 1 heterocycles. The van der Waals surface area contributed by atoms with E-state index in [1.54, 1.807) is 0 Å². The Hall–Kier alpha value is -1.23. The molecule has 0 spiro atoms. The summed E-state index contributed by atoms with van der Waals surface area (Å²) in [5, 5.41) is 2.88. The molecule has 5 heteroatoms. The topological polar surface area (TPSA) is 41.6 Å². The molecule has 4 nitrogen and oxygen atoms in total. The summed E-state index contributed by atoms with van der Waals surface area (Å²) in [5.74, 6) is 1.69. The third-order valence-electron chi connectivity index (χ3n) is 3.91. The van der Waals surface area contributed by atoms with Crippen LogP contribution < -0.4 is 10.2 Å². The van der Waals surface area contributed by atoms with Gasteiger partial charge >= 0.3 is 6.09 Å². The number of carbonyl (C=O) groups excluding carboxylic acids is 1. The van der Waals surface area contributed by atoms with E-state index in [4.69, 9.17) is 4.74 Å². The zero-order chi connectivity index (χ0) is 17.2. The van der Waals surface area contributed by atoms with Crippen molar-refractivity contribution in [2.24, 2.45) is 11.8 Å². The number of piperidine rings is 1. The van der Waals surface area contributed by atoms with Crippen molar-refractivity contribution < 1.29 is 9.53 Å². The molecule has 1 amide bonds. The molecule has 1 aliphatic heterocycles. The number of fused-ring (bicyclic) bond motifs is 1. The lowest BCUT2D eigenvalue weighted by atomic mass is 10.2. The van der Waals surface area contributed by atoms with Gasteiger partial charge in [0.15, 0.2) is 0 Å². The van der Waals surface area contributed by atoms with E-state index in [1.165, 1.54) is 6.42 Å². The first kappa shape index (κ1) is 18.1. The molecule has 2 unspecified atom stereocenters. The molecule has 2 aliphatic rings. The highest BCUT2D eigenvalue weighted by atomic mass is 79.9. The molecule has 1 aromatic carbocycles. The SMILES string of the molecule is CC.CC(C)(C)OC(=O)Nc1ccc(Br)cc1N1CC2CC2C1. The maximum Gasteiger partial charge on any atom is 0.412 e. The Labute approximate surface area is 147 Å². The summed E-state index contributed by atoms with van der Waals surface area (Å²) in [4.78, 5) is 14.3. The van der Waals surface area contributed by atoms with Crippen LogP contribution in [-0.4, -0.2) is 24.8 Å². The third kappa shape index (κ3) is 4.87. The number of ether oxygens (including phenoxy) is 1. The number of halogens is 1. The average Bonchev–Trinajstić information content (AvgIpc) is 3.07. The number of amides is 1. The van der Waals surface area contributed by atoms with Crippen LogP contribution in [0.1, 0.15) is 41.0 Å². The number of hydrogen-bond acceptors (Lipinski definition) is 3. The molecule has 2 atom stereocenters. The zero-order valence-corrected chi connectivity index (χ0v) is 16.2. The number of carbonyl (C=O) groups is 1. The predicted octanol–water partition coefficient (Wildman–Crippen LogP) is 5.28. The van der Waals surface area contributed by atoms with Gasteiger partial charge in [-0.15, -0.1) is 0 Å². The van der Waals surface area contributed by atoms with Gasteiger partial charge in [0.25, 0.3) is 0 Å². The quantitative estimate of drug-likeness (QED) is 0.756. The van der Waals surface area contributed by atoms with E-state index in [-0.39, 0.29) is 0 Å². The number of nitrogens with one attached hydrogen (secondary N) is 1. The normalized spacial score (nSPS) is 21.9. The molecule has 1 saturated heterocycles. The first-order valence-corrected chi connectivity index (χ1v) is 9.15. The van der Waals surface area contributed by atoms with Crippen LogP contribution in [0.25, 0.3) is 0 Å². The van der Waals surface area contributed by atoms with Gasteiger partial charge < -0.3 is 9.64 Å². The van der Waals surface area contributed by atoms with Crippen LogP contribution in [0.15, 0.2) is 22.7 Å². The van der Waals surface area contributed by atoms with Gasteiger partial charge in [0.2, 0.25) is 0 Å². The van der Waals surface area contributed by atoms with Crippen molar-refractivity contribution in [2.75, 3.05) is 23.3 Å². The smallest absolute Gasteiger partial charge is 0.412 e. The van der Waals surface area contributed by atoms with Crippen molar-refractivity contribution in [3.8, 4) is 0 Å². The molecule has 2 fully saturated rings. The van der Waals surface area contributed by atoms with Gasteiger partial charge in [0.1, 0.15) is 5.60 Å². The van der Waals surface area contributed by atoms with Crippen LogP contribution in [0.3, 0.4) is 0 Å². The maximum atomic E-state index is 12.0. The number of anilines is 2. The highest BCUT2D eigenvalue weighted by molar-refractivity contribution is 9.10. The molecule has 1 saturated carbocycles. The fraction of sp³-hybridized carbons (Fsp3) is 0.611. The molecule has 1 N–H and O–H groups in total. The summed E-state index contributed by atoms with van der Waals surface area (Å²) in [7, 11) is 0. The fourth-order valence-electron chi connectivity index (χ4n) is 2.88. The van der Waals surface area contributed by atoms with Crippen molar-refractivity contribution in [3.05, 3.63) is 22.7 Å². The summed E-state index contributed by atoms with van der Waals surface area (Å²) in [5.41, 5.74) is 1.39. The largest absolute Gasteiger partial charge is 0.444 e. The fourth-order valence-corrected chi connectivity index (χ4v) is 3.23. The summed E-state index contributed by atoms with van der Waals surface area (Å²) >= 11 is 3.51. The van der Waals surface area contributed by atoms with Gasteiger partial charge in [0, 0.05) is 17.6 Å². The molecular weight excluding hydrogens is 356 g/mol. The molecule has 1 aromatic rings. The van der Waals surface area contributed by atoms with Crippen LogP contribution >= 0.6 is 15.9 Å². The van der Waals surface area contributed by atoms with Crippen LogP contribution in [-0.2, 0) is 4.74 Å². The molecule has 0 radical (unpaired) electrons. The van der Waals surface area contributed by atoms with Gasteiger partial charge in [-0.2, -0.15) is 0 Å². The number of rotatable bonds is 2. The van der Waals surface area contributed by atoms with Gasteiger partial charge in [-0.3, -0.25) is 5.32 Å². The van der Waals surface area contributed by atoms with Crippen molar-refractivity contribution in [2.45, 2.75) is 46.6 Å². The summed E-state index contributed by atoms with van der Waals surface area (Å²) in [6, 6.07) is 5.93. The second kappa shape index (κ2) is 7.12. The number of benzene rings is 1. The van der Waals surface area contributed by atoms with E-state index in [9.17, 15) is 4.79 Å². The molecule has 3 rings (SSSR count). The molecule has 128 valence electrons. The minimum atomic E-state index is -0.491. The monoisotopic (exact) mass is 382 g/mol. The van der Waals surface area contributed by atoms with Gasteiger partial charge in [0.05, 0.1) is 11.4 Å². The predicted molar refractivity (Wildman–Crippen MR) is 99.2 cm³/mol. The minimum Gasteiger partial charge on any atom is -0.444 e. The Balaban J connectivity index is 0.000000924. The van der Waals surface area contributed by atoms with E-state index < -0.39 is 11.7 Å². The third-order valence-corrected chi connectivity index (χ3v) is 4.41. The van der Waals surface area contributed by atoms with Gasteiger partial charge in [-0.1, -0.05) is 29.8 Å². The summed E-state index contributed by atoms with van der Waals surface area (Å²) < 4.78 is 6.36. The Kier molecular flexibility index (Phi) is 5.61. The molecular formula is C18H27BrN2O2. The van der Waals surface area contributed by atoms with E-state index in [0.717, 1.165) is 40.8 Å². The lowest BCUT2D eigenvalue weighted by molar-refractivity contribution is 0.0636. The minimum absolute atomic E-state index is 0.407. The molecule has 0 bridgehead atoms. The lowest BCUT2D eigenvalue weighted by Crippen LogP contribution is -2.28. The highest BCUT2D eigenvalue weighted by Crippen LogP contribution is 2.47. The Morgan fingerprint density at radius 1 is 1.26 bits per heavy atom. The van der Waals surface area contributed by atoms with Gasteiger partial charge in [-0.05, 0) is 57.2 Å². The first-order valence-electron chi connectivity index (χ1n) is 8.36. The Morgan fingerprint density at radius 3 is 2.43 bits per heavy atom. The zero-order valence-electron chi connectivity index (χ0n) is 14.6. The second-order valence-corrected chi connectivity index (χ2v) is 7.86. The van der Waals surface area contributed by atoms with E-state index in [2.05, 4.69) is 32.2 Å². The lowest BCUT2D eigenvalue weighted by Gasteiger charge is -2.25. The average molecular weight is 383 g/mol. The van der Waals surface area contributed by atoms with E-state index in [0.29, 0.717) is 0 Å². The van der Waals surface area contributed by atoms with Crippen molar-refractivity contribution in [1.82, 2.24) is 0 Å². The van der Waals surface area contributed by atoms with Crippen LogP contribution in [0.4, 0.5) is 16.2 Å². The maximum absolute atomic E-state index is 12.0. The van der Waals surface area contributed by atoms with Gasteiger partial charge in [-0.25, -0.2) is 4.79 Å². The first-order chi connectivity index (χ1) is 10.8. The van der Waals surface area contributed by atoms with Crippen LogP contribution in [0, 0.1) is 11.8 Å².